The highest BCUT2D eigenvalue weighted by Gasteiger charge is 2.81. The van der Waals surface area contributed by atoms with E-state index in [1.807, 2.05) is 0 Å². The van der Waals surface area contributed by atoms with Crippen molar-refractivity contribution in [3.8, 4) is 0 Å². The average molecular weight is 741 g/mol. The summed E-state index contributed by atoms with van der Waals surface area (Å²) in [5.41, 5.74) is -4.84. The minimum absolute atomic E-state index is 0.0146. The third-order valence-corrected chi connectivity index (χ3v) is 13.2. The van der Waals surface area contributed by atoms with Crippen LogP contribution >= 0.6 is 0 Å². The molecule has 14 heteroatoms. The first-order valence-corrected chi connectivity index (χ1v) is 19.0. The van der Waals surface area contributed by atoms with Crippen molar-refractivity contribution in [3.63, 3.8) is 0 Å². The van der Waals surface area contributed by atoms with Crippen molar-refractivity contribution >= 4 is 33.0 Å². The zero-order valence-electron chi connectivity index (χ0n) is 26.8. The third-order valence-electron chi connectivity index (χ3n) is 10.0. The van der Waals surface area contributed by atoms with E-state index in [1.54, 1.807) is 0 Å². The topological polar surface area (TPSA) is 121 Å². The van der Waals surface area contributed by atoms with Gasteiger partial charge in [-0.1, -0.05) is 73.9 Å². The van der Waals surface area contributed by atoms with Crippen molar-refractivity contribution < 1.29 is 54.4 Å². The molecule has 0 aliphatic heterocycles. The minimum atomic E-state index is -6.66. The summed E-state index contributed by atoms with van der Waals surface area (Å²) in [5.74, 6) is -10.1. The predicted molar refractivity (Wildman–Crippen MR) is 172 cm³/mol. The number of rotatable bonds is 9. The molecule has 2 bridgehead atoms. The highest BCUT2D eigenvalue weighted by molar-refractivity contribution is 7.97. The van der Waals surface area contributed by atoms with Crippen molar-refractivity contribution in [2.75, 3.05) is 0 Å². The SMILES string of the molecule is O=C([O-])C1C2CCC(C2)C1C(=O)OC(C1CCCCC1)(C(F)(F)F)C(F)(F)S(=O)(=O)O.c1ccc([S+](c2ccccc2)c2ccccc2)cc1. The number of carbonyl (C=O) groups is 2. The van der Waals surface area contributed by atoms with Crippen LogP contribution in [0.3, 0.4) is 0 Å². The lowest BCUT2D eigenvalue weighted by atomic mass is 9.75. The lowest BCUT2D eigenvalue weighted by molar-refractivity contribution is -0.339. The Kier molecular flexibility index (Phi) is 11.3. The number of benzene rings is 3. The second-order valence-electron chi connectivity index (χ2n) is 12.9. The molecule has 1 N–H and O–H groups in total. The van der Waals surface area contributed by atoms with Gasteiger partial charge in [-0.15, -0.1) is 0 Å². The average Bonchev–Trinajstić information content (AvgIpc) is 3.71. The van der Waals surface area contributed by atoms with Crippen LogP contribution in [0.5, 0.6) is 0 Å². The van der Waals surface area contributed by atoms with Crippen LogP contribution in [0.15, 0.2) is 106 Å². The van der Waals surface area contributed by atoms with Crippen molar-refractivity contribution in [2.45, 2.75) is 83.1 Å². The summed E-state index contributed by atoms with van der Waals surface area (Å²) >= 11 is 0. The van der Waals surface area contributed by atoms with Gasteiger partial charge in [-0.05, 0) is 80.3 Å². The van der Waals surface area contributed by atoms with Gasteiger partial charge < -0.3 is 14.6 Å². The summed E-state index contributed by atoms with van der Waals surface area (Å²) in [7, 11) is -6.68. The summed E-state index contributed by atoms with van der Waals surface area (Å²) in [6.07, 6.45) is -5.71. The highest BCUT2D eigenvalue weighted by atomic mass is 32.2. The Morgan fingerprint density at radius 3 is 1.50 bits per heavy atom. The molecule has 0 amide bonds. The number of hydrogen-bond donors (Lipinski definition) is 1. The van der Waals surface area contributed by atoms with Crippen LogP contribution in [0.1, 0.15) is 51.4 Å². The van der Waals surface area contributed by atoms with E-state index in [0.29, 0.717) is 19.3 Å². The Hall–Kier alpha value is -3.49. The summed E-state index contributed by atoms with van der Waals surface area (Å²) in [5, 5.41) is 5.60. The quantitative estimate of drug-likeness (QED) is 0.108. The van der Waals surface area contributed by atoms with E-state index < -0.39 is 81.5 Å². The fourth-order valence-electron chi connectivity index (χ4n) is 7.81. The molecule has 5 unspecified atom stereocenters. The van der Waals surface area contributed by atoms with E-state index in [9.17, 15) is 45.1 Å². The number of aliphatic carboxylic acids is 1. The maximum Gasteiger partial charge on any atom is 0.436 e. The largest absolute Gasteiger partial charge is 0.550 e. The lowest BCUT2D eigenvalue weighted by Crippen LogP contribution is -2.68. The van der Waals surface area contributed by atoms with E-state index in [4.69, 9.17) is 4.55 Å². The molecule has 3 fully saturated rings. The van der Waals surface area contributed by atoms with Crippen LogP contribution in [0.2, 0.25) is 0 Å². The first-order chi connectivity index (χ1) is 23.6. The molecule has 50 heavy (non-hydrogen) atoms. The number of alkyl halides is 5. The molecule has 7 nitrogen and oxygen atoms in total. The van der Waals surface area contributed by atoms with E-state index in [0.717, 1.165) is 0 Å². The van der Waals surface area contributed by atoms with E-state index in [-0.39, 0.29) is 30.2 Å². The molecule has 3 saturated carbocycles. The molecule has 3 aliphatic carbocycles. The lowest BCUT2D eigenvalue weighted by Gasteiger charge is -2.46. The number of carboxylic acid groups (broad SMARTS) is 1. The van der Waals surface area contributed by atoms with E-state index >= 15 is 0 Å². The number of carboxylic acids is 1. The molecule has 0 saturated heterocycles. The summed E-state index contributed by atoms with van der Waals surface area (Å²) < 4.78 is 109. The maximum atomic E-state index is 14.9. The zero-order chi connectivity index (χ0) is 36.3. The van der Waals surface area contributed by atoms with Gasteiger partial charge in [0, 0.05) is 17.8 Å². The second-order valence-corrected chi connectivity index (χ2v) is 16.4. The molecule has 270 valence electrons. The fraction of sp³-hybridized carbons (Fsp3) is 0.444. The van der Waals surface area contributed by atoms with Crippen molar-refractivity contribution in [3.05, 3.63) is 91.0 Å². The molecule has 0 spiro atoms. The third kappa shape index (κ3) is 7.29. The standard InChI is InChI=1S/C18H23F5O7S.C18H15S/c19-17(20,21)16(11-4-2-1-3-5-11,18(22,23)31(27,28)29)30-15(26)13-10-7-6-9(8-10)12(13)14(24)25;1-4-10-16(11-5-1)19(17-12-6-2-7-13-17)18-14-8-3-9-15-18/h9-13H,1-8H2,(H,24,25)(H,27,28,29);1-15H/q;+1/p-1. The molecule has 0 radical (unpaired) electrons. The number of fused-ring (bicyclic) bond motifs is 2. The number of esters is 1. The van der Waals surface area contributed by atoms with Crippen LogP contribution < -0.4 is 5.11 Å². The highest BCUT2D eigenvalue weighted by Crippen LogP contribution is 2.58. The number of hydrogen-bond acceptors (Lipinski definition) is 6. The summed E-state index contributed by atoms with van der Waals surface area (Å²) in [6.45, 7) is 0. The summed E-state index contributed by atoms with van der Waals surface area (Å²) in [6, 6.07) is 32.2. The molecular weight excluding hydrogens is 704 g/mol. The maximum absolute atomic E-state index is 14.9. The number of ether oxygens (including phenoxy) is 1. The molecule has 6 rings (SSSR count). The first kappa shape index (κ1) is 37.8. The monoisotopic (exact) mass is 740 g/mol. The molecule has 3 aromatic carbocycles. The van der Waals surface area contributed by atoms with Crippen LogP contribution in [-0.4, -0.2) is 41.9 Å². The Labute approximate surface area is 290 Å². The van der Waals surface area contributed by atoms with Gasteiger partial charge in [0.1, 0.15) is 0 Å². The fourth-order valence-corrected chi connectivity index (χ4v) is 10.6. The molecule has 5 atom stereocenters. The van der Waals surface area contributed by atoms with E-state index in [1.165, 1.54) is 14.7 Å². The van der Waals surface area contributed by atoms with Gasteiger partial charge in [0.25, 0.3) is 5.60 Å². The van der Waals surface area contributed by atoms with Crippen molar-refractivity contribution in [1.82, 2.24) is 0 Å². The Morgan fingerprint density at radius 1 is 0.700 bits per heavy atom. The molecule has 3 aliphatic rings. The van der Waals surface area contributed by atoms with Gasteiger partial charge in [0.15, 0.2) is 14.7 Å². The van der Waals surface area contributed by atoms with Gasteiger partial charge >= 0.3 is 27.5 Å². The Morgan fingerprint density at radius 2 is 1.12 bits per heavy atom. The number of halogens is 5. The van der Waals surface area contributed by atoms with Crippen LogP contribution in [0.25, 0.3) is 0 Å². The molecule has 0 heterocycles. The molecular formula is C36H37F5O7S2. The van der Waals surface area contributed by atoms with Crippen molar-refractivity contribution in [1.29, 1.82) is 0 Å². The first-order valence-electron chi connectivity index (χ1n) is 16.3. The predicted octanol–water partition coefficient (Wildman–Crippen LogP) is 7.09. The normalized spacial score (nSPS) is 23.8. The molecule has 0 aromatic heterocycles. The Balaban J connectivity index is 0.000000217. The van der Waals surface area contributed by atoms with Crippen LogP contribution in [0, 0.1) is 29.6 Å². The second kappa shape index (κ2) is 15.0. The number of carbonyl (C=O) groups excluding carboxylic acids is 2. The Bertz CT molecular complexity index is 1630. The van der Waals surface area contributed by atoms with Gasteiger partial charge in [0.2, 0.25) is 0 Å². The zero-order valence-corrected chi connectivity index (χ0v) is 28.4. The van der Waals surface area contributed by atoms with E-state index in [2.05, 4.69) is 95.7 Å². The van der Waals surface area contributed by atoms with Gasteiger partial charge in [-0.2, -0.15) is 30.4 Å². The van der Waals surface area contributed by atoms with Gasteiger partial charge in [0.05, 0.1) is 16.8 Å². The van der Waals surface area contributed by atoms with Gasteiger partial charge in [-0.3, -0.25) is 9.35 Å². The smallest absolute Gasteiger partial charge is 0.436 e. The van der Waals surface area contributed by atoms with Crippen molar-refractivity contribution in [2.24, 2.45) is 29.6 Å². The van der Waals surface area contributed by atoms with Gasteiger partial charge in [-0.25, -0.2) is 0 Å². The van der Waals surface area contributed by atoms with Crippen LogP contribution in [0.4, 0.5) is 22.0 Å². The molecule has 3 aromatic rings. The minimum Gasteiger partial charge on any atom is -0.550 e. The summed E-state index contributed by atoms with van der Waals surface area (Å²) in [4.78, 5) is 28.4. The van der Waals surface area contributed by atoms with Crippen LogP contribution in [-0.2, 0) is 35.3 Å².